The second kappa shape index (κ2) is 6.72. The van der Waals surface area contributed by atoms with Crippen LogP contribution in [0.15, 0.2) is 18.2 Å². The van der Waals surface area contributed by atoms with E-state index in [9.17, 15) is 12.8 Å². The number of nitrogens with one attached hydrogen (secondary N) is 2. The standard InChI is InChI=1S/C12H19FN2O3S/c1-9(2)14-6-7-19(16,17)15-12-8-10(18-3)4-5-11(12)13/h4-5,8-9,14-15H,6-7H2,1-3H3. The van der Waals surface area contributed by atoms with Crippen LogP contribution in [0.3, 0.4) is 0 Å². The van der Waals surface area contributed by atoms with E-state index in [2.05, 4.69) is 10.0 Å². The van der Waals surface area contributed by atoms with Gasteiger partial charge in [-0.25, -0.2) is 12.8 Å². The molecule has 0 saturated carbocycles. The molecular formula is C12H19FN2O3S. The highest BCUT2D eigenvalue weighted by atomic mass is 32.2. The van der Waals surface area contributed by atoms with Gasteiger partial charge < -0.3 is 10.1 Å². The van der Waals surface area contributed by atoms with Gasteiger partial charge in [-0.3, -0.25) is 4.72 Å². The Kier molecular flexibility index (Phi) is 5.56. The highest BCUT2D eigenvalue weighted by molar-refractivity contribution is 7.92. The number of sulfonamides is 1. The van der Waals surface area contributed by atoms with Gasteiger partial charge in [-0.2, -0.15) is 0 Å². The molecular weight excluding hydrogens is 271 g/mol. The maximum atomic E-state index is 13.5. The highest BCUT2D eigenvalue weighted by Gasteiger charge is 2.14. The van der Waals surface area contributed by atoms with Gasteiger partial charge in [-0.1, -0.05) is 13.8 Å². The molecule has 0 radical (unpaired) electrons. The van der Waals surface area contributed by atoms with Gasteiger partial charge in [-0.15, -0.1) is 0 Å². The molecule has 7 heteroatoms. The summed E-state index contributed by atoms with van der Waals surface area (Å²) in [6.07, 6.45) is 0. The lowest BCUT2D eigenvalue weighted by atomic mass is 10.3. The van der Waals surface area contributed by atoms with Gasteiger partial charge in [0.1, 0.15) is 11.6 Å². The lowest BCUT2D eigenvalue weighted by Crippen LogP contribution is -2.31. The van der Waals surface area contributed by atoms with Gasteiger partial charge in [-0.05, 0) is 12.1 Å². The number of hydrogen-bond acceptors (Lipinski definition) is 4. The third-order valence-electron chi connectivity index (χ3n) is 2.36. The molecule has 0 aliphatic carbocycles. The summed E-state index contributed by atoms with van der Waals surface area (Å²) in [4.78, 5) is 0. The molecule has 19 heavy (non-hydrogen) atoms. The van der Waals surface area contributed by atoms with Crippen molar-refractivity contribution in [2.24, 2.45) is 0 Å². The zero-order valence-electron chi connectivity index (χ0n) is 11.2. The third-order valence-corrected chi connectivity index (χ3v) is 3.63. The van der Waals surface area contributed by atoms with Gasteiger partial charge in [0.15, 0.2) is 0 Å². The lowest BCUT2D eigenvalue weighted by Gasteiger charge is -2.11. The van der Waals surface area contributed by atoms with Crippen LogP contribution in [0, 0.1) is 5.82 Å². The highest BCUT2D eigenvalue weighted by Crippen LogP contribution is 2.21. The van der Waals surface area contributed by atoms with Crippen molar-refractivity contribution in [3.63, 3.8) is 0 Å². The quantitative estimate of drug-likeness (QED) is 0.800. The SMILES string of the molecule is COc1ccc(F)c(NS(=O)(=O)CCNC(C)C)c1. The Morgan fingerprint density at radius 2 is 2.05 bits per heavy atom. The molecule has 0 atom stereocenters. The maximum absolute atomic E-state index is 13.5. The molecule has 1 rings (SSSR count). The molecule has 0 aliphatic rings. The van der Waals surface area contributed by atoms with Crippen LogP contribution >= 0.6 is 0 Å². The first-order chi connectivity index (χ1) is 8.84. The van der Waals surface area contributed by atoms with Crippen LogP contribution in [-0.2, 0) is 10.0 Å². The Labute approximate surface area is 113 Å². The van der Waals surface area contributed by atoms with Gasteiger partial charge >= 0.3 is 0 Å². The Hall–Kier alpha value is -1.34. The van der Waals surface area contributed by atoms with Crippen LogP contribution in [0.5, 0.6) is 5.75 Å². The van der Waals surface area contributed by atoms with E-state index in [-0.39, 0.29) is 17.5 Å². The molecule has 1 aromatic rings. The second-order valence-corrected chi connectivity index (χ2v) is 6.22. The van der Waals surface area contributed by atoms with Crippen LogP contribution < -0.4 is 14.8 Å². The summed E-state index contributed by atoms with van der Waals surface area (Å²) in [6, 6.07) is 4.09. The summed E-state index contributed by atoms with van der Waals surface area (Å²) >= 11 is 0. The van der Waals surface area contributed by atoms with E-state index in [0.29, 0.717) is 12.3 Å². The maximum Gasteiger partial charge on any atom is 0.234 e. The molecule has 5 nitrogen and oxygen atoms in total. The van der Waals surface area contributed by atoms with Crippen molar-refractivity contribution in [3.8, 4) is 5.75 Å². The monoisotopic (exact) mass is 290 g/mol. The van der Waals surface area contributed by atoms with E-state index in [4.69, 9.17) is 4.74 Å². The molecule has 0 spiro atoms. The fourth-order valence-corrected chi connectivity index (χ4v) is 2.39. The lowest BCUT2D eigenvalue weighted by molar-refractivity contribution is 0.414. The molecule has 0 heterocycles. The topological polar surface area (TPSA) is 67.4 Å². The van der Waals surface area contributed by atoms with E-state index >= 15 is 0 Å². The predicted molar refractivity (Wildman–Crippen MR) is 73.5 cm³/mol. The van der Waals surface area contributed by atoms with Gasteiger partial charge in [0.25, 0.3) is 0 Å². The summed E-state index contributed by atoms with van der Waals surface area (Å²) < 4.78 is 44.2. The van der Waals surface area contributed by atoms with Crippen LogP contribution in [0.25, 0.3) is 0 Å². The Bertz CT molecular complexity index is 518. The van der Waals surface area contributed by atoms with E-state index in [1.807, 2.05) is 13.8 Å². The summed E-state index contributed by atoms with van der Waals surface area (Å²) in [5, 5.41) is 2.99. The number of benzene rings is 1. The van der Waals surface area contributed by atoms with E-state index in [1.54, 1.807) is 0 Å². The first kappa shape index (κ1) is 15.7. The first-order valence-electron chi connectivity index (χ1n) is 5.91. The Morgan fingerprint density at radius 3 is 2.63 bits per heavy atom. The first-order valence-corrected chi connectivity index (χ1v) is 7.56. The molecule has 0 fully saturated rings. The van der Waals surface area contributed by atoms with E-state index < -0.39 is 15.8 Å². The molecule has 108 valence electrons. The molecule has 0 aromatic heterocycles. The fourth-order valence-electron chi connectivity index (χ4n) is 1.41. The molecule has 1 aromatic carbocycles. The summed E-state index contributed by atoms with van der Waals surface area (Å²) in [6.45, 7) is 4.14. The van der Waals surface area contributed by atoms with E-state index in [1.165, 1.54) is 19.2 Å². The molecule has 0 bridgehead atoms. The number of rotatable bonds is 7. The number of halogens is 1. The largest absolute Gasteiger partial charge is 0.497 e. The minimum atomic E-state index is -3.59. The van der Waals surface area contributed by atoms with Crippen LogP contribution in [0.4, 0.5) is 10.1 Å². The number of anilines is 1. The molecule has 2 N–H and O–H groups in total. The minimum Gasteiger partial charge on any atom is -0.497 e. The third kappa shape index (κ3) is 5.44. The van der Waals surface area contributed by atoms with Crippen LogP contribution in [-0.4, -0.2) is 33.9 Å². The van der Waals surface area contributed by atoms with Crippen molar-refractivity contribution < 1.29 is 17.5 Å². The van der Waals surface area contributed by atoms with Crippen molar-refractivity contribution in [2.45, 2.75) is 19.9 Å². The van der Waals surface area contributed by atoms with Gasteiger partial charge in [0, 0.05) is 18.7 Å². The number of methoxy groups -OCH3 is 1. The molecule has 0 aliphatic heterocycles. The number of hydrogen-bond donors (Lipinski definition) is 2. The smallest absolute Gasteiger partial charge is 0.234 e. The van der Waals surface area contributed by atoms with Crippen molar-refractivity contribution in [3.05, 3.63) is 24.0 Å². The zero-order chi connectivity index (χ0) is 14.5. The van der Waals surface area contributed by atoms with Gasteiger partial charge in [0.05, 0.1) is 18.6 Å². The molecule has 0 unspecified atom stereocenters. The van der Waals surface area contributed by atoms with Crippen molar-refractivity contribution >= 4 is 15.7 Å². The fraction of sp³-hybridized carbons (Fsp3) is 0.500. The average molecular weight is 290 g/mol. The minimum absolute atomic E-state index is 0.108. The van der Waals surface area contributed by atoms with Crippen molar-refractivity contribution in [1.29, 1.82) is 0 Å². The summed E-state index contributed by atoms with van der Waals surface area (Å²) in [7, 11) is -2.16. The van der Waals surface area contributed by atoms with Gasteiger partial charge in [0.2, 0.25) is 10.0 Å². The predicted octanol–water partition coefficient (Wildman–Crippen LogP) is 1.57. The number of ether oxygens (including phenoxy) is 1. The van der Waals surface area contributed by atoms with Crippen molar-refractivity contribution in [1.82, 2.24) is 5.32 Å². The van der Waals surface area contributed by atoms with Crippen LogP contribution in [0.2, 0.25) is 0 Å². The normalized spacial score (nSPS) is 11.6. The van der Waals surface area contributed by atoms with E-state index in [0.717, 1.165) is 6.07 Å². The van der Waals surface area contributed by atoms with Crippen LogP contribution in [0.1, 0.15) is 13.8 Å². The second-order valence-electron chi connectivity index (χ2n) is 4.38. The summed E-state index contributed by atoms with van der Waals surface area (Å²) in [5.41, 5.74) is -0.108. The Morgan fingerprint density at radius 1 is 1.37 bits per heavy atom. The Balaban J connectivity index is 2.72. The van der Waals surface area contributed by atoms with Crippen molar-refractivity contribution in [2.75, 3.05) is 24.1 Å². The average Bonchev–Trinajstić information content (AvgIpc) is 2.31. The molecule has 0 amide bonds. The zero-order valence-corrected chi connectivity index (χ0v) is 12.1. The molecule has 0 saturated heterocycles. The summed E-state index contributed by atoms with van der Waals surface area (Å²) in [5.74, 6) is -0.373.